The predicted molar refractivity (Wildman–Crippen MR) is 81.9 cm³/mol. The van der Waals surface area contributed by atoms with Gasteiger partial charge in [-0.15, -0.1) is 0 Å². The van der Waals surface area contributed by atoms with Crippen LogP contribution < -0.4 is 9.47 Å². The third-order valence-corrected chi connectivity index (χ3v) is 4.36. The van der Waals surface area contributed by atoms with Crippen molar-refractivity contribution < 1.29 is 19.3 Å². The minimum absolute atomic E-state index is 0.507. The molecule has 0 aromatic heterocycles. The van der Waals surface area contributed by atoms with Crippen molar-refractivity contribution >= 4 is 0 Å². The van der Waals surface area contributed by atoms with Gasteiger partial charge < -0.3 is 19.3 Å². The zero-order valence-electron chi connectivity index (χ0n) is 13.2. The highest BCUT2D eigenvalue weighted by atomic mass is 16.5. The van der Waals surface area contributed by atoms with Crippen LogP contribution in [0, 0.1) is 0 Å². The van der Waals surface area contributed by atoms with Crippen LogP contribution in [0.25, 0.3) is 0 Å². The van der Waals surface area contributed by atoms with Crippen molar-refractivity contribution in [2.45, 2.75) is 50.7 Å². The summed E-state index contributed by atoms with van der Waals surface area (Å²) in [6.07, 6.45) is 4.43. The molecule has 1 aromatic carbocycles. The fraction of sp³-hybridized carbons (Fsp3) is 0.647. The van der Waals surface area contributed by atoms with Gasteiger partial charge in [-0.25, -0.2) is 0 Å². The van der Waals surface area contributed by atoms with Gasteiger partial charge in [0.1, 0.15) is 17.6 Å². The van der Waals surface area contributed by atoms with Crippen molar-refractivity contribution in [2.75, 3.05) is 20.8 Å². The van der Waals surface area contributed by atoms with Crippen LogP contribution >= 0.6 is 0 Å². The second kappa shape index (κ2) is 7.14. The van der Waals surface area contributed by atoms with Gasteiger partial charge in [0.2, 0.25) is 0 Å². The van der Waals surface area contributed by atoms with Crippen molar-refractivity contribution in [3.8, 4) is 11.5 Å². The van der Waals surface area contributed by atoms with Crippen LogP contribution in [0.2, 0.25) is 0 Å². The monoisotopic (exact) mass is 294 g/mol. The number of hydrogen-bond acceptors (Lipinski definition) is 4. The number of aliphatic hydroxyl groups is 1. The Morgan fingerprint density at radius 2 is 1.86 bits per heavy atom. The van der Waals surface area contributed by atoms with Gasteiger partial charge in [0.25, 0.3) is 0 Å². The Morgan fingerprint density at radius 3 is 2.43 bits per heavy atom. The van der Waals surface area contributed by atoms with Crippen LogP contribution in [-0.4, -0.2) is 31.5 Å². The first-order chi connectivity index (χ1) is 10.2. The molecule has 4 nitrogen and oxygen atoms in total. The Bertz CT molecular complexity index is 447. The summed E-state index contributed by atoms with van der Waals surface area (Å²) in [5, 5.41) is 11.0. The van der Waals surface area contributed by atoms with Gasteiger partial charge in [-0.3, -0.25) is 0 Å². The fourth-order valence-corrected chi connectivity index (χ4v) is 3.27. The highest BCUT2D eigenvalue weighted by Gasteiger charge is 2.41. The minimum Gasteiger partial charge on any atom is -0.497 e. The van der Waals surface area contributed by atoms with Crippen molar-refractivity contribution in [3.05, 3.63) is 23.8 Å². The highest BCUT2D eigenvalue weighted by Crippen LogP contribution is 2.44. The standard InChI is InChI=1S/C17H26O4/c1-4-21-17(10-6-5-7-11-17)16(18)14-12-13(19-2)8-9-15(14)20-3/h8-9,12,16,18H,4-7,10-11H2,1-3H3. The number of ether oxygens (including phenoxy) is 3. The van der Waals surface area contributed by atoms with Crippen molar-refractivity contribution in [1.82, 2.24) is 0 Å². The lowest BCUT2D eigenvalue weighted by Gasteiger charge is -2.41. The molecule has 1 aromatic rings. The zero-order valence-corrected chi connectivity index (χ0v) is 13.2. The molecule has 1 saturated carbocycles. The first-order valence-corrected chi connectivity index (χ1v) is 7.71. The molecule has 4 heteroatoms. The number of benzene rings is 1. The Morgan fingerprint density at radius 1 is 1.14 bits per heavy atom. The molecule has 0 spiro atoms. The molecule has 0 aliphatic heterocycles. The molecule has 1 atom stereocenters. The maximum atomic E-state index is 11.0. The van der Waals surface area contributed by atoms with E-state index >= 15 is 0 Å². The van der Waals surface area contributed by atoms with Gasteiger partial charge in [-0.1, -0.05) is 19.3 Å². The Labute approximate surface area is 127 Å². The SMILES string of the molecule is CCOC1(C(O)c2cc(OC)ccc2OC)CCCCC1. The fourth-order valence-electron chi connectivity index (χ4n) is 3.27. The summed E-state index contributed by atoms with van der Waals surface area (Å²) in [4.78, 5) is 0. The maximum absolute atomic E-state index is 11.0. The van der Waals surface area contributed by atoms with Gasteiger partial charge in [0, 0.05) is 12.2 Å². The van der Waals surface area contributed by atoms with Crippen LogP contribution in [0.15, 0.2) is 18.2 Å². The van der Waals surface area contributed by atoms with Crippen molar-refractivity contribution in [1.29, 1.82) is 0 Å². The molecule has 0 bridgehead atoms. The molecule has 21 heavy (non-hydrogen) atoms. The van der Waals surface area contributed by atoms with Crippen LogP contribution in [0.5, 0.6) is 11.5 Å². The minimum atomic E-state index is -0.706. The van der Waals surface area contributed by atoms with E-state index in [-0.39, 0.29) is 0 Å². The normalized spacial score (nSPS) is 19.0. The first-order valence-electron chi connectivity index (χ1n) is 7.71. The third-order valence-electron chi connectivity index (χ3n) is 4.36. The average Bonchev–Trinajstić information content (AvgIpc) is 2.54. The summed E-state index contributed by atoms with van der Waals surface area (Å²) in [7, 11) is 3.24. The lowest BCUT2D eigenvalue weighted by molar-refractivity contribution is -0.142. The molecule has 1 aliphatic carbocycles. The van der Waals surface area contributed by atoms with Gasteiger partial charge in [0.15, 0.2) is 0 Å². The van der Waals surface area contributed by atoms with E-state index in [1.54, 1.807) is 14.2 Å². The number of rotatable bonds is 6. The van der Waals surface area contributed by atoms with Gasteiger partial charge in [-0.05, 0) is 38.0 Å². The molecular formula is C17H26O4. The number of hydrogen-bond donors (Lipinski definition) is 1. The van der Waals surface area contributed by atoms with E-state index in [0.717, 1.165) is 31.2 Å². The maximum Gasteiger partial charge on any atom is 0.125 e. The Balaban J connectivity index is 2.37. The molecule has 1 fully saturated rings. The average molecular weight is 294 g/mol. The smallest absolute Gasteiger partial charge is 0.125 e. The van der Waals surface area contributed by atoms with E-state index in [1.807, 2.05) is 25.1 Å². The summed E-state index contributed by atoms with van der Waals surface area (Å²) in [5.74, 6) is 1.39. The van der Waals surface area contributed by atoms with Gasteiger partial charge >= 0.3 is 0 Å². The van der Waals surface area contributed by atoms with Crippen LogP contribution in [0.4, 0.5) is 0 Å². The largest absolute Gasteiger partial charge is 0.497 e. The second-order valence-electron chi connectivity index (χ2n) is 5.57. The Hall–Kier alpha value is -1.26. The quantitative estimate of drug-likeness (QED) is 0.872. The summed E-state index contributed by atoms with van der Waals surface area (Å²) in [5.41, 5.74) is 0.235. The first kappa shape index (κ1) is 16.1. The summed E-state index contributed by atoms with van der Waals surface area (Å²) < 4.78 is 16.7. The molecule has 2 rings (SSSR count). The van der Waals surface area contributed by atoms with Crippen molar-refractivity contribution in [3.63, 3.8) is 0 Å². The predicted octanol–water partition coefficient (Wildman–Crippen LogP) is 3.48. The van der Waals surface area contributed by atoms with Gasteiger partial charge in [-0.2, -0.15) is 0 Å². The molecule has 1 N–H and O–H groups in total. The Kier molecular flexibility index (Phi) is 5.48. The van der Waals surface area contributed by atoms with Crippen LogP contribution in [-0.2, 0) is 4.74 Å². The number of aliphatic hydroxyl groups excluding tert-OH is 1. The lowest BCUT2D eigenvalue weighted by atomic mass is 9.78. The molecule has 0 amide bonds. The summed E-state index contributed by atoms with van der Waals surface area (Å²) >= 11 is 0. The lowest BCUT2D eigenvalue weighted by Crippen LogP contribution is -2.41. The third kappa shape index (κ3) is 3.33. The molecule has 0 heterocycles. The molecule has 0 saturated heterocycles. The summed E-state index contributed by atoms with van der Waals surface area (Å²) in [6, 6.07) is 5.52. The van der Waals surface area contributed by atoms with E-state index in [9.17, 15) is 5.11 Å². The van der Waals surface area contributed by atoms with Crippen LogP contribution in [0.1, 0.15) is 50.7 Å². The zero-order chi connectivity index (χ0) is 15.3. The van der Waals surface area contributed by atoms with Crippen molar-refractivity contribution in [2.24, 2.45) is 0 Å². The molecular weight excluding hydrogens is 268 g/mol. The van der Waals surface area contributed by atoms with Gasteiger partial charge in [0.05, 0.1) is 19.8 Å². The molecule has 118 valence electrons. The topological polar surface area (TPSA) is 47.9 Å². The van der Waals surface area contributed by atoms with E-state index in [4.69, 9.17) is 14.2 Å². The van der Waals surface area contributed by atoms with E-state index in [0.29, 0.717) is 18.1 Å². The van der Waals surface area contributed by atoms with E-state index in [2.05, 4.69) is 0 Å². The summed E-state index contributed by atoms with van der Waals surface area (Å²) in [6.45, 7) is 2.58. The van der Waals surface area contributed by atoms with E-state index < -0.39 is 11.7 Å². The molecule has 0 radical (unpaired) electrons. The number of methoxy groups -OCH3 is 2. The van der Waals surface area contributed by atoms with Crippen LogP contribution in [0.3, 0.4) is 0 Å². The second-order valence-corrected chi connectivity index (χ2v) is 5.57. The van der Waals surface area contributed by atoms with E-state index in [1.165, 1.54) is 6.42 Å². The molecule has 1 unspecified atom stereocenters. The highest BCUT2D eigenvalue weighted by molar-refractivity contribution is 5.42. The molecule has 1 aliphatic rings.